The van der Waals surface area contributed by atoms with Gasteiger partial charge < -0.3 is 9.13 Å². The van der Waals surface area contributed by atoms with Gasteiger partial charge in [-0.1, -0.05) is 146 Å². The quantitative estimate of drug-likeness (QED) is 0.150. The molecule has 0 aliphatic rings. The molecule has 0 atom stereocenters. The summed E-state index contributed by atoms with van der Waals surface area (Å²) < 4.78 is 4.55. The van der Waals surface area contributed by atoms with Gasteiger partial charge >= 0.3 is 0 Å². The Morgan fingerprint density at radius 2 is 0.581 bits per heavy atom. The Labute approximate surface area is 425 Å². The molecule has 342 valence electrons. The van der Waals surface area contributed by atoms with Gasteiger partial charge in [-0.15, -0.1) is 0 Å². The fourth-order valence-corrected chi connectivity index (χ4v) is 10.6. The molecule has 13 aromatic rings. The molecule has 0 fully saturated rings. The molecule has 3 heterocycles. The number of nitriles is 3. The van der Waals surface area contributed by atoms with E-state index in [9.17, 15) is 15.8 Å². The standard InChI is InChI=1S/C66H38N8/c67-39-42-14-11-17-45(34-42)50-20-1-2-25-57(50)64-70-65(58-37-48(30-32-51(58)46-18-12-15-43(35-46)40-68)73-60-26-7-3-21-53(60)54-22-4-8-27-61(54)73)72-66(71-64)59-38-49(31-33-52(59)47-19-13-16-44(36-47)41-69)74-62-28-9-5-23-55(62)56-24-6-10-29-63(56)74/h1-38H. The number of aromatic nitrogens is 5. The van der Waals surface area contributed by atoms with Crippen LogP contribution in [0.15, 0.2) is 231 Å². The number of rotatable bonds is 8. The molecule has 0 bridgehead atoms. The molecule has 13 rings (SSSR count). The maximum atomic E-state index is 10.2. The maximum Gasteiger partial charge on any atom is 0.164 e. The lowest BCUT2D eigenvalue weighted by molar-refractivity contribution is 1.07. The van der Waals surface area contributed by atoms with Gasteiger partial charge in [0.05, 0.1) is 57.0 Å². The number of hydrogen-bond acceptors (Lipinski definition) is 6. The largest absolute Gasteiger partial charge is 0.309 e. The van der Waals surface area contributed by atoms with Crippen LogP contribution in [0.25, 0.3) is 123 Å². The van der Waals surface area contributed by atoms with Crippen LogP contribution in [0.4, 0.5) is 0 Å². The molecule has 0 unspecified atom stereocenters. The van der Waals surface area contributed by atoms with E-state index in [1.54, 1.807) is 18.2 Å². The minimum Gasteiger partial charge on any atom is -0.309 e. The van der Waals surface area contributed by atoms with Gasteiger partial charge in [0.1, 0.15) is 0 Å². The summed E-state index contributed by atoms with van der Waals surface area (Å²) in [5.41, 5.74) is 14.8. The predicted molar refractivity (Wildman–Crippen MR) is 295 cm³/mol. The molecule has 74 heavy (non-hydrogen) atoms. The van der Waals surface area contributed by atoms with Crippen LogP contribution in [-0.2, 0) is 0 Å². The average Bonchev–Trinajstić information content (AvgIpc) is 4.03. The molecule has 8 nitrogen and oxygen atoms in total. The Kier molecular flexibility index (Phi) is 10.5. The summed E-state index contributed by atoms with van der Waals surface area (Å²) in [6.07, 6.45) is 0. The normalized spacial score (nSPS) is 11.2. The van der Waals surface area contributed by atoms with Crippen molar-refractivity contribution in [1.82, 2.24) is 24.1 Å². The molecule has 10 aromatic carbocycles. The van der Waals surface area contributed by atoms with E-state index >= 15 is 0 Å². The minimum absolute atomic E-state index is 0.407. The highest BCUT2D eigenvalue weighted by atomic mass is 15.0. The first kappa shape index (κ1) is 43.3. The Bertz CT molecular complexity index is 4210. The number of fused-ring (bicyclic) bond motifs is 6. The summed E-state index contributed by atoms with van der Waals surface area (Å²) in [5.74, 6) is 1.23. The second-order valence-corrected chi connectivity index (χ2v) is 18.1. The predicted octanol–water partition coefficient (Wildman–Crippen LogP) is 15.7. The van der Waals surface area contributed by atoms with E-state index in [-0.39, 0.29) is 0 Å². The van der Waals surface area contributed by atoms with Crippen LogP contribution >= 0.6 is 0 Å². The van der Waals surface area contributed by atoms with Gasteiger partial charge in [0.15, 0.2) is 17.5 Å². The van der Waals surface area contributed by atoms with E-state index in [2.05, 4.69) is 161 Å². The molecule has 0 aliphatic carbocycles. The summed E-state index contributed by atoms with van der Waals surface area (Å²) >= 11 is 0. The van der Waals surface area contributed by atoms with Gasteiger partial charge in [0, 0.05) is 49.6 Å². The first-order valence-electron chi connectivity index (χ1n) is 24.2. The van der Waals surface area contributed by atoms with E-state index in [4.69, 9.17) is 15.0 Å². The smallest absolute Gasteiger partial charge is 0.164 e. The van der Waals surface area contributed by atoms with Gasteiger partial charge in [-0.25, -0.2) is 15.0 Å². The van der Waals surface area contributed by atoms with Gasteiger partial charge in [0.2, 0.25) is 0 Å². The van der Waals surface area contributed by atoms with Crippen LogP contribution in [0, 0.1) is 34.0 Å². The monoisotopic (exact) mass is 942 g/mol. The zero-order valence-electron chi connectivity index (χ0n) is 39.5. The van der Waals surface area contributed by atoms with Crippen molar-refractivity contribution in [2.45, 2.75) is 0 Å². The van der Waals surface area contributed by atoms with Crippen LogP contribution in [-0.4, -0.2) is 24.1 Å². The van der Waals surface area contributed by atoms with E-state index < -0.39 is 0 Å². The van der Waals surface area contributed by atoms with Crippen LogP contribution in [0.1, 0.15) is 16.7 Å². The molecule has 0 saturated carbocycles. The summed E-state index contributed by atoms with van der Waals surface area (Å²) in [5, 5.41) is 34.9. The molecule has 0 saturated heterocycles. The van der Waals surface area contributed by atoms with Gasteiger partial charge in [0.25, 0.3) is 0 Å². The van der Waals surface area contributed by atoms with E-state index in [1.807, 2.05) is 78.9 Å². The van der Waals surface area contributed by atoms with Crippen molar-refractivity contribution < 1.29 is 0 Å². The zero-order valence-corrected chi connectivity index (χ0v) is 39.5. The van der Waals surface area contributed by atoms with Crippen molar-refractivity contribution in [3.05, 3.63) is 247 Å². The van der Waals surface area contributed by atoms with Crippen molar-refractivity contribution in [3.63, 3.8) is 0 Å². The fraction of sp³-hybridized carbons (Fsp3) is 0. The fourth-order valence-electron chi connectivity index (χ4n) is 10.6. The molecular formula is C66H38N8. The van der Waals surface area contributed by atoms with E-state index in [0.717, 1.165) is 105 Å². The summed E-state index contributed by atoms with van der Waals surface area (Å²) in [6, 6.07) is 84.2. The van der Waals surface area contributed by atoms with Crippen molar-refractivity contribution in [2.75, 3.05) is 0 Å². The second kappa shape index (κ2) is 17.9. The molecule has 3 aromatic heterocycles. The molecule has 0 spiro atoms. The zero-order chi connectivity index (χ0) is 49.7. The number of hydrogen-bond donors (Lipinski definition) is 0. The van der Waals surface area contributed by atoms with Gasteiger partial charge in [-0.2, -0.15) is 15.8 Å². The highest BCUT2D eigenvalue weighted by Crippen LogP contribution is 2.42. The molecule has 0 N–H and O–H groups in total. The maximum absolute atomic E-state index is 10.2. The van der Waals surface area contributed by atoms with E-state index in [0.29, 0.717) is 34.2 Å². The Morgan fingerprint density at radius 1 is 0.270 bits per heavy atom. The van der Waals surface area contributed by atoms with Gasteiger partial charge in [-0.05, 0) is 118 Å². The highest BCUT2D eigenvalue weighted by molar-refractivity contribution is 6.10. The SMILES string of the molecule is N#Cc1cccc(-c2ccccc2-c2nc(-c3cc(-n4c5ccccc5c5ccccc54)ccc3-c3cccc(C#N)c3)nc(-c3cc(-n4c5ccccc5c5ccccc54)ccc3-c3cccc(C#N)c3)n2)c1. The molecule has 0 amide bonds. The lowest BCUT2D eigenvalue weighted by atomic mass is 9.95. The molecule has 8 heteroatoms. The van der Waals surface area contributed by atoms with Crippen molar-refractivity contribution >= 4 is 43.6 Å². The Morgan fingerprint density at radius 3 is 0.946 bits per heavy atom. The Hall–Kier alpha value is -10.7. The third kappa shape index (κ3) is 7.33. The first-order valence-corrected chi connectivity index (χ1v) is 24.2. The first-order chi connectivity index (χ1) is 36.5. The van der Waals surface area contributed by atoms with E-state index in [1.165, 1.54) is 0 Å². The van der Waals surface area contributed by atoms with Crippen molar-refractivity contribution in [1.29, 1.82) is 15.8 Å². The van der Waals surface area contributed by atoms with Crippen LogP contribution in [0.3, 0.4) is 0 Å². The van der Waals surface area contributed by atoms with Crippen LogP contribution < -0.4 is 0 Å². The topological polar surface area (TPSA) is 120 Å². The highest BCUT2D eigenvalue weighted by Gasteiger charge is 2.23. The Balaban J connectivity index is 1.14. The molecular weight excluding hydrogens is 905 g/mol. The number of benzene rings is 10. The lowest BCUT2D eigenvalue weighted by Gasteiger charge is -2.18. The third-order valence-corrected chi connectivity index (χ3v) is 13.9. The van der Waals surface area contributed by atoms with Crippen LogP contribution in [0.2, 0.25) is 0 Å². The second-order valence-electron chi connectivity index (χ2n) is 18.1. The lowest BCUT2D eigenvalue weighted by Crippen LogP contribution is -2.04. The summed E-state index contributed by atoms with van der Waals surface area (Å²) in [4.78, 5) is 16.5. The van der Waals surface area contributed by atoms with Crippen molar-refractivity contribution in [2.24, 2.45) is 0 Å². The summed E-state index contributed by atoms with van der Waals surface area (Å²) in [6.45, 7) is 0. The van der Waals surface area contributed by atoms with Crippen molar-refractivity contribution in [3.8, 4) is 97.1 Å². The molecule has 0 aliphatic heterocycles. The number of nitrogens with zero attached hydrogens (tertiary/aromatic N) is 8. The summed E-state index contributed by atoms with van der Waals surface area (Å²) in [7, 11) is 0. The number of para-hydroxylation sites is 4. The average molecular weight is 943 g/mol. The van der Waals surface area contributed by atoms with Crippen LogP contribution in [0.5, 0.6) is 0 Å². The minimum atomic E-state index is 0.407. The third-order valence-electron chi connectivity index (χ3n) is 13.9. The van der Waals surface area contributed by atoms with Gasteiger partial charge in [-0.3, -0.25) is 0 Å². The molecule has 0 radical (unpaired) electrons.